The Kier molecular flexibility index (Phi) is 3.16. The molecule has 16 heavy (non-hydrogen) atoms. The quantitative estimate of drug-likeness (QED) is 0.626. The number of hydrogen-bond donors (Lipinski definition) is 2. The Balaban J connectivity index is 2.04. The minimum atomic E-state index is 0.0170. The number of pyridine rings is 1. The SMILES string of the molecule is N=C(N)c1ccnc(OCc2cccs2)c1. The molecule has 0 amide bonds. The third-order valence-electron chi connectivity index (χ3n) is 1.99. The Morgan fingerprint density at radius 3 is 3.06 bits per heavy atom. The lowest BCUT2D eigenvalue weighted by Gasteiger charge is -2.04. The van der Waals surface area contributed by atoms with Crippen molar-refractivity contribution in [3.63, 3.8) is 0 Å². The minimum Gasteiger partial charge on any atom is -0.472 e. The Labute approximate surface area is 97.2 Å². The summed E-state index contributed by atoms with van der Waals surface area (Å²) in [6.07, 6.45) is 1.58. The van der Waals surface area contributed by atoms with E-state index in [1.807, 2.05) is 17.5 Å². The van der Waals surface area contributed by atoms with E-state index in [1.54, 1.807) is 29.7 Å². The molecule has 2 heterocycles. The summed E-state index contributed by atoms with van der Waals surface area (Å²) in [5, 5.41) is 9.30. The molecule has 2 aromatic heterocycles. The van der Waals surface area contributed by atoms with Crippen molar-refractivity contribution in [2.24, 2.45) is 5.73 Å². The standard InChI is InChI=1S/C11H11N3OS/c12-11(13)8-3-4-14-10(6-8)15-7-9-2-1-5-16-9/h1-6H,7H2,(H3,12,13). The molecule has 0 fully saturated rings. The highest BCUT2D eigenvalue weighted by Gasteiger charge is 2.01. The maximum atomic E-state index is 7.30. The van der Waals surface area contributed by atoms with Gasteiger partial charge in [0.1, 0.15) is 12.4 Å². The fourth-order valence-corrected chi connectivity index (χ4v) is 1.81. The lowest BCUT2D eigenvalue weighted by atomic mass is 10.2. The van der Waals surface area contributed by atoms with Crippen molar-refractivity contribution in [1.82, 2.24) is 4.98 Å². The van der Waals surface area contributed by atoms with E-state index in [0.29, 0.717) is 18.1 Å². The van der Waals surface area contributed by atoms with E-state index < -0.39 is 0 Å². The molecule has 0 aromatic carbocycles. The van der Waals surface area contributed by atoms with Crippen molar-refractivity contribution in [3.8, 4) is 5.88 Å². The van der Waals surface area contributed by atoms with Crippen LogP contribution in [0, 0.1) is 5.41 Å². The first-order chi connectivity index (χ1) is 7.75. The fraction of sp³-hybridized carbons (Fsp3) is 0.0909. The smallest absolute Gasteiger partial charge is 0.214 e. The Morgan fingerprint density at radius 2 is 2.38 bits per heavy atom. The number of aromatic nitrogens is 1. The van der Waals surface area contributed by atoms with Crippen LogP contribution in [0.15, 0.2) is 35.8 Å². The summed E-state index contributed by atoms with van der Waals surface area (Å²) in [6.45, 7) is 0.492. The molecule has 0 bridgehead atoms. The second kappa shape index (κ2) is 4.76. The molecule has 82 valence electrons. The molecule has 2 aromatic rings. The molecule has 0 atom stereocenters. The zero-order valence-corrected chi connectivity index (χ0v) is 9.33. The molecule has 0 aliphatic heterocycles. The molecular weight excluding hydrogens is 222 g/mol. The van der Waals surface area contributed by atoms with Gasteiger partial charge in [-0.25, -0.2) is 4.98 Å². The van der Waals surface area contributed by atoms with Crippen LogP contribution in [0.25, 0.3) is 0 Å². The van der Waals surface area contributed by atoms with Crippen LogP contribution in [0.1, 0.15) is 10.4 Å². The van der Waals surface area contributed by atoms with Crippen LogP contribution in [0.2, 0.25) is 0 Å². The van der Waals surface area contributed by atoms with Crippen molar-refractivity contribution >= 4 is 17.2 Å². The first kappa shape index (κ1) is 10.6. The summed E-state index contributed by atoms with van der Waals surface area (Å²) in [4.78, 5) is 5.19. The van der Waals surface area contributed by atoms with Crippen LogP contribution in [-0.2, 0) is 6.61 Å². The molecule has 0 aliphatic rings. The molecule has 5 heteroatoms. The van der Waals surface area contributed by atoms with Gasteiger partial charge < -0.3 is 10.5 Å². The lowest BCUT2D eigenvalue weighted by molar-refractivity contribution is 0.297. The van der Waals surface area contributed by atoms with Gasteiger partial charge in [0.2, 0.25) is 5.88 Å². The van der Waals surface area contributed by atoms with Crippen LogP contribution in [0.5, 0.6) is 5.88 Å². The van der Waals surface area contributed by atoms with Crippen LogP contribution in [0.3, 0.4) is 0 Å². The largest absolute Gasteiger partial charge is 0.472 e. The minimum absolute atomic E-state index is 0.0170. The van der Waals surface area contributed by atoms with Gasteiger partial charge in [0, 0.05) is 22.7 Å². The zero-order valence-electron chi connectivity index (χ0n) is 8.51. The molecule has 4 nitrogen and oxygen atoms in total. The van der Waals surface area contributed by atoms with E-state index in [-0.39, 0.29) is 5.84 Å². The number of thiophene rings is 1. The summed E-state index contributed by atoms with van der Waals surface area (Å²) >= 11 is 1.63. The zero-order chi connectivity index (χ0) is 11.4. The van der Waals surface area contributed by atoms with E-state index in [2.05, 4.69) is 4.98 Å². The number of nitrogens with zero attached hydrogens (tertiary/aromatic N) is 1. The molecule has 3 N–H and O–H groups in total. The third-order valence-corrected chi connectivity index (χ3v) is 2.84. The molecule has 0 saturated carbocycles. The monoisotopic (exact) mass is 233 g/mol. The number of ether oxygens (including phenoxy) is 1. The number of nitrogens with one attached hydrogen (secondary N) is 1. The summed E-state index contributed by atoms with van der Waals surface area (Å²) < 4.78 is 5.49. The van der Waals surface area contributed by atoms with Gasteiger partial charge in [0.05, 0.1) is 0 Å². The molecular formula is C11H11N3OS. The summed E-state index contributed by atoms with van der Waals surface area (Å²) in [6, 6.07) is 7.32. The molecule has 0 spiro atoms. The third kappa shape index (κ3) is 2.58. The predicted octanol–water partition coefficient (Wildman–Crippen LogP) is 2.01. The second-order valence-corrected chi connectivity index (χ2v) is 4.20. The highest BCUT2D eigenvalue weighted by Crippen LogP contribution is 2.14. The van der Waals surface area contributed by atoms with Crippen molar-refractivity contribution in [2.75, 3.05) is 0 Å². The number of nitrogens with two attached hydrogens (primary N) is 1. The van der Waals surface area contributed by atoms with E-state index in [0.717, 1.165) is 4.88 Å². The summed E-state index contributed by atoms with van der Waals surface area (Å²) in [5.74, 6) is 0.504. The van der Waals surface area contributed by atoms with Crippen LogP contribution in [0.4, 0.5) is 0 Å². The molecule has 0 radical (unpaired) electrons. The van der Waals surface area contributed by atoms with Gasteiger partial charge in [-0.2, -0.15) is 0 Å². The van der Waals surface area contributed by atoms with Gasteiger partial charge in [0.25, 0.3) is 0 Å². The van der Waals surface area contributed by atoms with E-state index in [1.165, 1.54) is 0 Å². The van der Waals surface area contributed by atoms with Gasteiger partial charge >= 0.3 is 0 Å². The van der Waals surface area contributed by atoms with Gasteiger partial charge in [-0.3, -0.25) is 5.41 Å². The fourth-order valence-electron chi connectivity index (χ4n) is 1.20. The number of rotatable bonds is 4. The van der Waals surface area contributed by atoms with Crippen molar-refractivity contribution in [3.05, 3.63) is 46.3 Å². The van der Waals surface area contributed by atoms with Gasteiger partial charge in [0.15, 0.2) is 0 Å². The molecule has 0 unspecified atom stereocenters. The topological polar surface area (TPSA) is 72.0 Å². The highest BCUT2D eigenvalue weighted by molar-refractivity contribution is 7.09. The molecule has 2 rings (SSSR count). The normalized spacial score (nSPS) is 10.0. The van der Waals surface area contributed by atoms with E-state index in [4.69, 9.17) is 15.9 Å². The maximum Gasteiger partial charge on any atom is 0.214 e. The summed E-state index contributed by atoms with van der Waals surface area (Å²) in [5.41, 5.74) is 6.00. The van der Waals surface area contributed by atoms with Gasteiger partial charge in [-0.15, -0.1) is 11.3 Å². The number of nitrogen functional groups attached to an aromatic ring is 1. The van der Waals surface area contributed by atoms with Gasteiger partial charge in [-0.1, -0.05) is 6.07 Å². The van der Waals surface area contributed by atoms with Crippen molar-refractivity contribution in [2.45, 2.75) is 6.61 Å². The Morgan fingerprint density at radius 1 is 1.50 bits per heavy atom. The average molecular weight is 233 g/mol. The van der Waals surface area contributed by atoms with Crippen LogP contribution in [-0.4, -0.2) is 10.8 Å². The summed E-state index contributed by atoms with van der Waals surface area (Å²) in [7, 11) is 0. The highest BCUT2D eigenvalue weighted by atomic mass is 32.1. The average Bonchev–Trinajstić information content (AvgIpc) is 2.79. The lowest BCUT2D eigenvalue weighted by Crippen LogP contribution is -2.11. The maximum absolute atomic E-state index is 7.30. The predicted molar refractivity (Wildman–Crippen MR) is 63.9 cm³/mol. The molecule has 0 saturated heterocycles. The van der Waals surface area contributed by atoms with E-state index in [9.17, 15) is 0 Å². The Bertz CT molecular complexity index is 482. The first-order valence-electron chi connectivity index (χ1n) is 4.71. The molecule has 0 aliphatic carbocycles. The van der Waals surface area contributed by atoms with Crippen LogP contribution < -0.4 is 10.5 Å². The first-order valence-corrected chi connectivity index (χ1v) is 5.59. The second-order valence-electron chi connectivity index (χ2n) is 3.16. The van der Waals surface area contributed by atoms with Gasteiger partial charge in [-0.05, 0) is 17.5 Å². The number of hydrogen-bond acceptors (Lipinski definition) is 4. The van der Waals surface area contributed by atoms with Crippen molar-refractivity contribution < 1.29 is 4.74 Å². The Hall–Kier alpha value is -1.88. The van der Waals surface area contributed by atoms with Crippen LogP contribution >= 0.6 is 11.3 Å². The van der Waals surface area contributed by atoms with Crippen molar-refractivity contribution in [1.29, 1.82) is 5.41 Å². The number of amidine groups is 1. The van der Waals surface area contributed by atoms with E-state index >= 15 is 0 Å².